The van der Waals surface area contributed by atoms with Crippen molar-refractivity contribution in [1.29, 1.82) is 0 Å². The summed E-state index contributed by atoms with van der Waals surface area (Å²) < 4.78 is 0. The molecule has 1 aromatic carbocycles. The summed E-state index contributed by atoms with van der Waals surface area (Å²) in [6, 6.07) is 3.90. The first-order valence-electron chi connectivity index (χ1n) is 7.51. The number of hydrogen-bond donors (Lipinski definition) is 2. The van der Waals surface area contributed by atoms with Crippen LogP contribution in [0.3, 0.4) is 0 Å². The van der Waals surface area contributed by atoms with E-state index in [1.54, 1.807) is 0 Å². The zero-order valence-electron chi connectivity index (χ0n) is 14.2. The van der Waals surface area contributed by atoms with Crippen LogP contribution in [0.4, 0.5) is 0 Å². The lowest BCUT2D eigenvalue weighted by Gasteiger charge is -2.28. The van der Waals surface area contributed by atoms with Crippen LogP contribution in [0.1, 0.15) is 58.2 Å². The average Bonchev–Trinajstić information content (AvgIpc) is 2.74. The molecule has 1 aliphatic rings. The van der Waals surface area contributed by atoms with Crippen molar-refractivity contribution >= 4 is 12.0 Å². The summed E-state index contributed by atoms with van der Waals surface area (Å²) in [7, 11) is 0. The van der Waals surface area contributed by atoms with E-state index >= 15 is 0 Å². The Morgan fingerprint density at radius 2 is 1.59 bits per heavy atom. The minimum atomic E-state index is -0.206. The molecule has 0 spiro atoms. The summed E-state index contributed by atoms with van der Waals surface area (Å²) in [5.41, 5.74) is 5.21. The fourth-order valence-electron chi connectivity index (χ4n) is 2.50. The van der Waals surface area contributed by atoms with Crippen LogP contribution in [0.25, 0.3) is 6.08 Å². The Morgan fingerprint density at radius 3 is 1.95 bits per heavy atom. The molecule has 120 valence electrons. The van der Waals surface area contributed by atoms with E-state index in [0.717, 1.165) is 16.7 Å². The fourth-order valence-corrected chi connectivity index (χ4v) is 2.50. The van der Waals surface area contributed by atoms with E-state index in [2.05, 4.69) is 47.0 Å². The molecule has 0 radical (unpaired) electrons. The van der Waals surface area contributed by atoms with Gasteiger partial charge in [0.1, 0.15) is 12.4 Å². The van der Waals surface area contributed by atoms with Crippen molar-refractivity contribution in [3.63, 3.8) is 0 Å². The molecule has 4 heteroatoms. The topological polar surface area (TPSA) is 58.6 Å². The number of amides is 1. The first kappa shape index (κ1) is 16.6. The molecule has 1 amide bonds. The van der Waals surface area contributed by atoms with Gasteiger partial charge in [-0.15, -0.1) is 0 Å². The lowest BCUT2D eigenvalue weighted by Crippen LogP contribution is -2.17. The monoisotopic (exact) mass is 303 g/mol. The van der Waals surface area contributed by atoms with Crippen LogP contribution >= 0.6 is 0 Å². The molecule has 0 aliphatic carbocycles. The number of aromatic hydroxyl groups is 1. The maximum atomic E-state index is 11.7. The number of hydroxylamine groups is 1. The highest BCUT2D eigenvalue weighted by atomic mass is 16.7. The molecule has 0 atom stereocenters. The van der Waals surface area contributed by atoms with Gasteiger partial charge >= 0.3 is 0 Å². The molecule has 0 unspecified atom stereocenters. The van der Waals surface area contributed by atoms with Crippen molar-refractivity contribution in [3.05, 3.63) is 34.4 Å². The number of hydrogen-bond acceptors (Lipinski definition) is 3. The van der Waals surface area contributed by atoms with Crippen molar-refractivity contribution in [2.75, 3.05) is 6.61 Å². The van der Waals surface area contributed by atoms with Gasteiger partial charge in [0.25, 0.3) is 5.91 Å². The zero-order valence-corrected chi connectivity index (χ0v) is 14.2. The second-order valence-corrected chi connectivity index (χ2v) is 7.85. The van der Waals surface area contributed by atoms with Crippen molar-refractivity contribution < 1.29 is 14.7 Å². The summed E-state index contributed by atoms with van der Waals surface area (Å²) in [6.07, 6.45) is 1.83. The van der Waals surface area contributed by atoms with Gasteiger partial charge in [0.05, 0.1) is 0 Å². The van der Waals surface area contributed by atoms with Gasteiger partial charge in [0.2, 0.25) is 0 Å². The van der Waals surface area contributed by atoms with Crippen LogP contribution in [0.5, 0.6) is 5.75 Å². The Balaban J connectivity index is 2.63. The SMILES string of the molecule is CC(C)(C)c1cc(/C=C2\CONC2=O)cc(C(C)(C)C)c1O. The van der Waals surface area contributed by atoms with Crippen molar-refractivity contribution in [2.24, 2.45) is 0 Å². The summed E-state index contributed by atoms with van der Waals surface area (Å²) >= 11 is 0. The van der Waals surface area contributed by atoms with Crippen LogP contribution in [0, 0.1) is 0 Å². The molecule has 1 fully saturated rings. The number of nitrogens with one attached hydrogen (secondary N) is 1. The van der Waals surface area contributed by atoms with Crippen LogP contribution in [0.15, 0.2) is 17.7 Å². The number of phenolic OH excluding ortho intramolecular Hbond substituents is 1. The molecule has 0 bridgehead atoms. The van der Waals surface area contributed by atoms with Gasteiger partial charge in [-0.25, -0.2) is 5.48 Å². The van der Waals surface area contributed by atoms with Crippen LogP contribution in [0.2, 0.25) is 0 Å². The van der Waals surface area contributed by atoms with E-state index in [0.29, 0.717) is 11.3 Å². The third kappa shape index (κ3) is 3.33. The van der Waals surface area contributed by atoms with Gasteiger partial charge < -0.3 is 5.11 Å². The van der Waals surface area contributed by atoms with Crippen LogP contribution < -0.4 is 5.48 Å². The van der Waals surface area contributed by atoms with E-state index in [1.165, 1.54) is 0 Å². The fraction of sp³-hybridized carbons (Fsp3) is 0.500. The molecule has 1 aromatic rings. The third-order valence-electron chi connectivity index (χ3n) is 3.77. The smallest absolute Gasteiger partial charge is 0.273 e. The summed E-state index contributed by atoms with van der Waals surface area (Å²) in [6.45, 7) is 12.7. The molecule has 1 heterocycles. The number of phenols is 1. The molecule has 2 N–H and O–H groups in total. The van der Waals surface area contributed by atoms with Crippen molar-refractivity contribution in [2.45, 2.75) is 52.4 Å². The van der Waals surface area contributed by atoms with Gasteiger partial charge in [-0.2, -0.15) is 0 Å². The van der Waals surface area contributed by atoms with E-state index < -0.39 is 0 Å². The van der Waals surface area contributed by atoms with E-state index in [9.17, 15) is 9.90 Å². The average molecular weight is 303 g/mol. The summed E-state index contributed by atoms with van der Waals surface area (Å²) in [4.78, 5) is 16.6. The lowest BCUT2D eigenvalue weighted by molar-refractivity contribution is -0.122. The quantitative estimate of drug-likeness (QED) is 0.781. The van der Waals surface area contributed by atoms with E-state index in [-0.39, 0.29) is 23.3 Å². The van der Waals surface area contributed by atoms with Crippen molar-refractivity contribution in [1.82, 2.24) is 5.48 Å². The molecule has 22 heavy (non-hydrogen) atoms. The largest absolute Gasteiger partial charge is 0.507 e. The normalized spacial score (nSPS) is 17.9. The highest BCUT2D eigenvalue weighted by molar-refractivity contribution is 5.98. The number of rotatable bonds is 1. The Kier molecular flexibility index (Phi) is 4.09. The van der Waals surface area contributed by atoms with Crippen LogP contribution in [-0.4, -0.2) is 17.6 Å². The first-order chi connectivity index (χ1) is 10.00. The zero-order chi connectivity index (χ0) is 16.7. The number of carbonyl (C=O) groups excluding carboxylic acids is 1. The molecule has 0 saturated carbocycles. The molecule has 4 nitrogen and oxygen atoms in total. The molecule has 2 rings (SSSR count). The molecule has 1 aliphatic heterocycles. The molecular formula is C18H25NO3. The first-order valence-corrected chi connectivity index (χ1v) is 7.51. The number of benzene rings is 1. The van der Waals surface area contributed by atoms with E-state index in [1.807, 2.05) is 18.2 Å². The van der Waals surface area contributed by atoms with Crippen molar-refractivity contribution in [3.8, 4) is 5.75 Å². The minimum Gasteiger partial charge on any atom is -0.507 e. The van der Waals surface area contributed by atoms with Gasteiger partial charge in [-0.1, -0.05) is 41.5 Å². The lowest BCUT2D eigenvalue weighted by atomic mass is 9.78. The summed E-state index contributed by atoms with van der Waals surface area (Å²) in [5.74, 6) is 0.136. The highest BCUT2D eigenvalue weighted by Gasteiger charge is 2.26. The Labute approximate surface area is 132 Å². The predicted molar refractivity (Wildman–Crippen MR) is 87.6 cm³/mol. The summed E-state index contributed by atoms with van der Waals surface area (Å²) in [5, 5.41) is 10.7. The molecule has 1 saturated heterocycles. The van der Waals surface area contributed by atoms with E-state index in [4.69, 9.17) is 4.84 Å². The Bertz CT molecular complexity index is 596. The van der Waals surface area contributed by atoms with Gasteiger partial charge in [-0.05, 0) is 34.6 Å². The Hall–Kier alpha value is -1.81. The van der Waals surface area contributed by atoms with Crippen LogP contribution in [-0.2, 0) is 20.5 Å². The molecular weight excluding hydrogens is 278 g/mol. The van der Waals surface area contributed by atoms with Gasteiger partial charge in [0, 0.05) is 16.7 Å². The van der Waals surface area contributed by atoms with Gasteiger partial charge in [0.15, 0.2) is 0 Å². The number of carbonyl (C=O) groups is 1. The Morgan fingerprint density at radius 1 is 1.09 bits per heavy atom. The standard InChI is InChI=1S/C18H25NO3/c1-17(2,3)13-8-11(7-12-10-22-19-16(12)21)9-14(15(13)20)18(4,5)6/h7-9,20H,10H2,1-6H3,(H,19,21)/b12-7+. The molecule has 0 aromatic heterocycles. The second-order valence-electron chi connectivity index (χ2n) is 7.85. The van der Waals surface area contributed by atoms with Gasteiger partial charge in [-0.3, -0.25) is 9.63 Å². The second kappa shape index (κ2) is 5.43. The maximum Gasteiger partial charge on any atom is 0.273 e. The predicted octanol–water partition coefficient (Wildman–Crippen LogP) is 3.43. The minimum absolute atomic E-state index is 0.187. The maximum absolute atomic E-state index is 11.7. The highest BCUT2D eigenvalue weighted by Crippen LogP contribution is 2.40. The third-order valence-corrected chi connectivity index (χ3v) is 3.77.